The number of methoxy groups -OCH3 is 1. The SMILES string of the molecule is COc1c(C)cc(C(=O)[C@H]2CCCN(Cc3ccn[nH]3)C2)cc1C. The topological polar surface area (TPSA) is 58.2 Å². The highest BCUT2D eigenvalue weighted by Crippen LogP contribution is 2.28. The van der Waals surface area contributed by atoms with Crippen molar-refractivity contribution in [2.45, 2.75) is 33.2 Å². The number of aromatic nitrogens is 2. The zero-order valence-corrected chi connectivity index (χ0v) is 14.6. The molecule has 1 N–H and O–H groups in total. The van der Waals surface area contributed by atoms with Gasteiger partial charge in [-0.25, -0.2) is 0 Å². The van der Waals surface area contributed by atoms with Crippen molar-refractivity contribution in [1.29, 1.82) is 0 Å². The van der Waals surface area contributed by atoms with Gasteiger partial charge in [0, 0.05) is 36.5 Å². The van der Waals surface area contributed by atoms with Crippen LogP contribution in [0.15, 0.2) is 24.4 Å². The number of hydrogen-bond acceptors (Lipinski definition) is 4. The average molecular weight is 327 g/mol. The van der Waals surface area contributed by atoms with Crippen LogP contribution in [-0.4, -0.2) is 41.1 Å². The third-order valence-corrected chi connectivity index (χ3v) is 4.78. The van der Waals surface area contributed by atoms with E-state index in [2.05, 4.69) is 15.1 Å². The molecule has 0 amide bonds. The number of hydrogen-bond donors (Lipinski definition) is 1. The van der Waals surface area contributed by atoms with E-state index in [0.717, 1.165) is 60.6 Å². The van der Waals surface area contributed by atoms with Crippen LogP contribution in [0.2, 0.25) is 0 Å². The van der Waals surface area contributed by atoms with E-state index in [1.165, 1.54) is 0 Å². The van der Waals surface area contributed by atoms with Crippen LogP contribution in [0.5, 0.6) is 5.75 Å². The first kappa shape index (κ1) is 16.7. The van der Waals surface area contributed by atoms with Gasteiger partial charge in [-0.2, -0.15) is 5.10 Å². The minimum Gasteiger partial charge on any atom is -0.496 e. The lowest BCUT2D eigenvalue weighted by Crippen LogP contribution is -2.38. The number of Topliss-reactive ketones (excluding diaryl/α,β-unsaturated/α-hetero) is 1. The quantitative estimate of drug-likeness (QED) is 0.857. The second-order valence-electron chi connectivity index (χ2n) is 6.66. The van der Waals surface area contributed by atoms with Crippen molar-refractivity contribution in [3.63, 3.8) is 0 Å². The van der Waals surface area contributed by atoms with Gasteiger partial charge in [0.05, 0.1) is 7.11 Å². The van der Waals surface area contributed by atoms with Crippen LogP contribution in [0.4, 0.5) is 0 Å². The Morgan fingerprint density at radius 2 is 2.12 bits per heavy atom. The first-order chi connectivity index (χ1) is 11.6. The van der Waals surface area contributed by atoms with E-state index in [1.807, 2.05) is 32.0 Å². The van der Waals surface area contributed by atoms with E-state index in [4.69, 9.17) is 4.74 Å². The number of benzene rings is 1. The van der Waals surface area contributed by atoms with E-state index in [0.29, 0.717) is 0 Å². The predicted octanol–water partition coefficient (Wildman–Crippen LogP) is 3.13. The minimum atomic E-state index is 0.0638. The molecule has 1 aromatic carbocycles. The molecule has 1 aromatic heterocycles. The van der Waals surface area contributed by atoms with Crippen molar-refractivity contribution >= 4 is 5.78 Å². The summed E-state index contributed by atoms with van der Waals surface area (Å²) in [5.41, 5.74) is 3.94. The number of carbonyl (C=O) groups is 1. The molecule has 1 aliphatic rings. The fourth-order valence-corrected chi connectivity index (χ4v) is 3.68. The zero-order valence-electron chi connectivity index (χ0n) is 14.6. The number of aryl methyl sites for hydroxylation is 2. The number of piperidine rings is 1. The Kier molecular flexibility index (Phi) is 5.00. The van der Waals surface area contributed by atoms with Crippen LogP contribution < -0.4 is 4.74 Å². The van der Waals surface area contributed by atoms with Crippen LogP contribution >= 0.6 is 0 Å². The van der Waals surface area contributed by atoms with Crippen LogP contribution in [0.25, 0.3) is 0 Å². The Bertz CT molecular complexity index is 686. The van der Waals surface area contributed by atoms with Crippen molar-refractivity contribution in [3.8, 4) is 5.75 Å². The fraction of sp³-hybridized carbons (Fsp3) is 0.474. The van der Waals surface area contributed by atoms with Crippen molar-refractivity contribution in [2.24, 2.45) is 5.92 Å². The average Bonchev–Trinajstić information content (AvgIpc) is 3.07. The van der Waals surface area contributed by atoms with E-state index in [-0.39, 0.29) is 11.7 Å². The number of ether oxygens (including phenoxy) is 1. The number of aromatic amines is 1. The molecule has 2 aromatic rings. The summed E-state index contributed by atoms with van der Waals surface area (Å²) >= 11 is 0. The molecule has 0 unspecified atom stereocenters. The summed E-state index contributed by atoms with van der Waals surface area (Å²) < 4.78 is 5.40. The van der Waals surface area contributed by atoms with Crippen LogP contribution in [0.1, 0.15) is 40.0 Å². The van der Waals surface area contributed by atoms with E-state index >= 15 is 0 Å². The molecule has 128 valence electrons. The van der Waals surface area contributed by atoms with Gasteiger partial charge in [-0.05, 0) is 62.6 Å². The number of nitrogens with zero attached hydrogens (tertiary/aromatic N) is 2. The van der Waals surface area contributed by atoms with Crippen LogP contribution in [0.3, 0.4) is 0 Å². The molecule has 1 fully saturated rings. The molecule has 5 heteroatoms. The summed E-state index contributed by atoms with van der Waals surface area (Å²) in [6, 6.07) is 5.91. The van der Waals surface area contributed by atoms with E-state index in [9.17, 15) is 4.79 Å². The largest absolute Gasteiger partial charge is 0.496 e. The third-order valence-electron chi connectivity index (χ3n) is 4.78. The standard InChI is InChI=1S/C19H25N3O2/c1-13-9-16(10-14(2)19(13)24-3)18(23)15-5-4-8-22(11-15)12-17-6-7-20-21-17/h6-7,9-10,15H,4-5,8,11-12H2,1-3H3,(H,20,21)/t15-/m0/s1. The second-order valence-corrected chi connectivity index (χ2v) is 6.66. The molecule has 3 rings (SSSR count). The normalized spacial score (nSPS) is 18.5. The van der Waals surface area contributed by atoms with Gasteiger partial charge in [0.2, 0.25) is 0 Å². The molecule has 0 saturated carbocycles. The van der Waals surface area contributed by atoms with Gasteiger partial charge in [-0.15, -0.1) is 0 Å². The molecule has 0 bridgehead atoms. The Hall–Kier alpha value is -2.14. The van der Waals surface area contributed by atoms with Crippen LogP contribution in [-0.2, 0) is 6.54 Å². The van der Waals surface area contributed by atoms with Gasteiger partial charge >= 0.3 is 0 Å². The maximum Gasteiger partial charge on any atom is 0.167 e. The fourth-order valence-electron chi connectivity index (χ4n) is 3.68. The highest BCUT2D eigenvalue weighted by molar-refractivity contribution is 5.98. The van der Waals surface area contributed by atoms with Gasteiger partial charge in [0.15, 0.2) is 5.78 Å². The van der Waals surface area contributed by atoms with Crippen molar-refractivity contribution in [2.75, 3.05) is 20.2 Å². The maximum absolute atomic E-state index is 13.0. The lowest BCUT2D eigenvalue weighted by molar-refractivity contribution is 0.0810. The molecule has 24 heavy (non-hydrogen) atoms. The molecule has 1 saturated heterocycles. The lowest BCUT2D eigenvalue weighted by Gasteiger charge is -2.31. The first-order valence-electron chi connectivity index (χ1n) is 8.48. The Labute approximate surface area is 143 Å². The molecule has 0 spiro atoms. The zero-order chi connectivity index (χ0) is 17.1. The Morgan fingerprint density at radius 3 is 2.75 bits per heavy atom. The maximum atomic E-state index is 13.0. The number of carbonyl (C=O) groups excluding carboxylic acids is 1. The van der Waals surface area contributed by atoms with Gasteiger partial charge < -0.3 is 4.74 Å². The van der Waals surface area contributed by atoms with E-state index in [1.54, 1.807) is 13.3 Å². The summed E-state index contributed by atoms with van der Waals surface area (Å²) in [6.45, 7) is 6.65. The highest BCUT2D eigenvalue weighted by atomic mass is 16.5. The number of H-pyrrole nitrogens is 1. The lowest BCUT2D eigenvalue weighted by atomic mass is 9.88. The van der Waals surface area contributed by atoms with Gasteiger partial charge in [0.1, 0.15) is 5.75 Å². The molecule has 1 atom stereocenters. The van der Waals surface area contributed by atoms with Crippen molar-refractivity contribution in [1.82, 2.24) is 15.1 Å². The molecule has 2 heterocycles. The summed E-state index contributed by atoms with van der Waals surface area (Å²) in [4.78, 5) is 15.3. The molecule has 0 radical (unpaired) electrons. The molecule has 0 aliphatic carbocycles. The number of nitrogens with one attached hydrogen (secondary N) is 1. The Balaban J connectivity index is 1.72. The number of likely N-dealkylation sites (tertiary alicyclic amines) is 1. The Morgan fingerprint density at radius 1 is 1.38 bits per heavy atom. The third kappa shape index (κ3) is 3.51. The van der Waals surface area contributed by atoms with Crippen molar-refractivity contribution in [3.05, 3.63) is 46.8 Å². The predicted molar refractivity (Wildman–Crippen MR) is 93.4 cm³/mol. The smallest absolute Gasteiger partial charge is 0.167 e. The molecule has 1 aliphatic heterocycles. The number of ketones is 1. The summed E-state index contributed by atoms with van der Waals surface area (Å²) in [5.74, 6) is 1.18. The van der Waals surface area contributed by atoms with E-state index < -0.39 is 0 Å². The van der Waals surface area contributed by atoms with Gasteiger partial charge in [-0.3, -0.25) is 14.8 Å². The van der Waals surface area contributed by atoms with Crippen molar-refractivity contribution < 1.29 is 9.53 Å². The molecular weight excluding hydrogens is 302 g/mol. The minimum absolute atomic E-state index is 0.0638. The monoisotopic (exact) mass is 327 g/mol. The van der Waals surface area contributed by atoms with Gasteiger partial charge in [0.25, 0.3) is 0 Å². The van der Waals surface area contributed by atoms with Crippen LogP contribution in [0, 0.1) is 19.8 Å². The first-order valence-corrected chi connectivity index (χ1v) is 8.48. The number of rotatable bonds is 5. The highest BCUT2D eigenvalue weighted by Gasteiger charge is 2.27. The molecule has 5 nitrogen and oxygen atoms in total. The molecular formula is C19H25N3O2. The summed E-state index contributed by atoms with van der Waals surface area (Å²) in [6.07, 6.45) is 3.78. The summed E-state index contributed by atoms with van der Waals surface area (Å²) in [7, 11) is 1.67. The summed E-state index contributed by atoms with van der Waals surface area (Å²) in [5, 5.41) is 6.99. The second kappa shape index (κ2) is 7.18. The van der Waals surface area contributed by atoms with Gasteiger partial charge in [-0.1, -0.05) is 0 Å².